The number of hydrogen-bond acceptors (Lipinski definition) is 25. The lowest BCUT2D eigenvalue weighted by atomic mass is 9.89. The second kappa shape index (κ2) is 29.6. The summed E-state index contributed by atoms with van der Waals surface area (Å²) in [4.78, 5) is 97.5. The van der Waals surface area contributed by atoms with Crippen molar-refractivity contribution in [3.8, 4) is 28.2 Å². The van der Waals surface area contributed by atoms with Gasteiger partial charge in [0.25, 0.3) is 11.5 Å². The number of phosphoric ester groups is 2. The number of aromatic nitrogens is 2. The second-order valence-electron chi connectivity index (χ2n) is 18.5. The van der Waals surface area contributed by atoms with Gasteiger partial charge in [-0.05, 0) is 48.0 Å². The van der Waals surface area contributed by atoms with Gasteiger partial charge < -0.3 is 94.1 Å². The molecule has 13 N–H and O–H groups in total. The molecule has 3 aliphatic heterocycles. The number of ether oxygens (including phenoxy) is 6. The molecule has 84 heavy (non-hydrogen) atoms. The summed E-state index contributed by atoms with van der Waals surface area (Å²) in [6.45, 7) is -0.604. The zero-order chi connectivity index (χ0) is 60.9. The van der Waals surface area contributed by atoms with Gasteiger partial charge in [-0.3, -0.25) is 37.8 Å². The van der Waals surface area contributed by atoms with Crippen molar-refractivity contribution in [3.63, 3.8) is 0 Å². The van der Waals surface area contributed by atoms with Crippen molar-refractivity contribution in [3.05, 3.63) is 115 Å². The zero-order valence-electron chi connectivity index (χ0n) is 44.0. The maximum Gasteiger partial charge on any atom is 0.483 e. The molecule has 0 spiro atoms. The maximum absolute atomic E-state index is 13.2. The molecule has 4 heterocycles. The van der Waals surface area contributed by atoms with Crippen LogP contribution in [0.15, 0.2) is 85.7 Å². The van der Waals surface area contributed by atoms with Crippen LogP contribution in [-0.4, -0.2) is 206 Å². The third-order valence-electron chi connectivity index (χ3n) is 12.6. The fourth-order valence-electron chi connectivity index (χ4n) is 8.47. The molecule has 0 radical (unpaired) electrons. The van der Waals surface area contributed by atoms with Crippen LogP contribution in [-0.2, 0) is 55.7 Å². The monoisotopic (exact) mass is 1230 g/mol. The largest absolute Gasteiger partial charge is 0.508 e. The molecule has 0 bridgehead atoms. The summed E-state index contributed by atoms with van der Waals surface area (Å²) in [6.07, 6.45) is -13.8. The Bertz CT molecular complexity index is 3390. The number of aliphatic hydroxyl groups is 6. The van der Waals surface area contributed by atoms with E-state index in [1.54, 1.807) is 6.07 Å². The number of carboxylic acids is 1. The van der Waals surface area contributed by atoms with Gasteiger partial charge in [0.05, 0.1) is 77.2 Å². The Morgan fingerprint density at radius 3 is 2.11 bits per heavy atom. The first-order valence-corrected chi connectivity index (χ1v) is 28.4. The number of aliphatic hydroxyl groups excluding tert-OH is 6. The molecule has 4 aliphatic rings. The summed E-state index contributed by atoms with van der Waals surface area (Å²) in [7, 11) is -11.3. The van der Waals surface area contributed by atoms with Crippen LogP contribution < -0.4 is 27.3 Å². The number of amides is 2. The molecule has 7 rings (SSSR count). The molecule has 2 saturated heterocycles. The van der Waals surface area contributed by atoms with Gasteiger partial charge >= 0.3 is 27.3 Å². The van der Waals surface area contributed by atoms with Crippen molar-refractivity contribution in [1.29, 1.82) is 0 Å². The maximum atomic E-state index is 13.2. The minimum absolute atomic E-state index is 0.0379. The van der Waals surface area contributed by atoms with Crippen LogP contribution in [0.2, 0.25) is 0 Å². The van der Waals surface area contributed by atoms with Crippen LogP contribution in [0.25, 0.3) is 39.5 Å². The van der Waals surface area contributed by atoms with Crippen molar-refractivity contribution < 1.29 is 120 Å². The normalized spacial score (nSPS) is 23.2. The molecule has 2 fully saturated rings. The van der Waals surface area contributed by atoms with E-state index in [-0.39, 0.29) is 117 Å². The topological polar surface area (TPSA) is 480 Å². The third kappa shape index (κ3) is 17.1. The number of aromatic amines is 1. The highest BCUT2D eigenvalue weighted by atomic mass is 31.3. The molecule has 1 aliphatic carbocycles. The lowest BCUT2D eigenvalue weighted by molar-refractivity contribution is -0.280. The molecule has 32 nitrogen and oxygen atoms in total. The predicted octanol–water partition coefficient (Wildman–Crippen LogP) is -1.50. The Morgan fingerprint density at radius 2 is 1.42 bits per heavy atom. The van der Waals surface area contributed by atoms with Gasteiger partial charge in [0.15, 0.2) is 17.9 Å². The molecule has 3 aromatic rings. The SMILES string of the molecule is O=C(CCOCCOCCOCCOCCNC(=O)c1ccc(C(=O)O)c(-c2c3ccc(=O)cc-3oc3cc(O)ccc23)c1)NC/C=C/c1cn([C@@H]2O[C@H](COP(=O)(O)OP(=O)(O)O[C@@H]3OC(CO)[C@@H](O)[C@@H](O)C3O)[C@@H](O)[C@H]2O)c(=O)[nH]c1=O. The quantitative estimate of drug-likeness (QED) is 0.0141. The van der Waals surface area contributed by atoms with E-state index in [4.69, 9.17) is 32.8 Å². The molecular formula is C50H60N4O28P2. The number of aromatic carboxylic acids is 1. The minimum Gasteiger partial charge on any atom is -0.508 e. The Labute approximate surface area is 473 Å². The van der Waals surface area contributed by atoms with E-state index in [0.29, 0.717) is 21.1 Å². The summed E-state index contributed by atoms with van der Waals surface area (Å²) in [6, 6.07) is 12.5. The first kappa shape index (κ1) is 65.1. The first-order valence-electron chi connectivity index (χ1n) is 25.4. The Hall–Kier alpha value is -6.46. The molecule has 11 atom stereocenters. The number of nitrogens with zero attached hydrogens (tertiary/aromatic N) is 1. The number of benzene rings is 3. The Kier molecular flexibility index (Phi) is 22.9. The van der Waals surface area contributed by atoms with E-state index >= 15 is 0 Å². The lowest BCUT2D eigenvalue weighted by Gasteiger charge is -2.39. The van der Waals surface area contributed by atoms with Crippen molar-refractivity contribution >= 4 is 50.5 Å². The van der Waals surface area contributed by atoms with E-state index in [2.05, 4.69) is 24.0 Å². The van der Waals surface area contributed by atoms with Crippen molar-refractivity contribution in [2.75, 3.05) is 79.2 Å². The highest BCUT2D eigenvalue weighted by Gasteiger charge is 2.50. The molecule has 2 aromatic carbocycles. The Morgan fingerprint density at radius 1 is 0.738 bits per heavy atom. The minimum atomic E-state index is -5.72. The average molecular weight is 1230 g/mol. The molecule has 34 heteroatoms. The highest BCUT2D eigenvalue weighted by molar-refractivity contribution is 7.61. The average Bonchev–Trinajstić information content (AvgIpc) is 1.26. The number of phenolic OH excluding ortho intramolecular Hbond substituents is 1. The molecule has 2 amide bonds. The second-order valence-corrected chi connectivity index (χ2v) is 21.5. The van der Waals surface area contributed by atoms with Crippen LogP contribution >= 0.6 is 15.6 Å². The van der Waals surface area contributed by atoms with Crippen molar-refractivity contribution in [2.45, 2.75) is 61.7 Å². The van der Waals surface area contributed by atoms with Crippen LogP contribution in [0.4, 0.5) is 0 Å². The van der Waals surface area contributed by atoms with E-state index in [1.165, 1.54) is 60.7 Å². The van der Waals surface area contributed by atoms with E-state index in [0.717, 1.165) is 6.20 Å². The smallest absolute Gasteiger partial charge is 0.483 e. The van der Waals surface area contributed by atoms with Crippen LogP contribution in [0.1, 0.15) is 38.9 Å². The number of carbonyl (C=O) groups excluding carboxylic acids is 2. The number of nitrogens with one attached hydrogen (secondary N) is 3. The van der Waals surface area contributed by atoms with E-state index in [9.17, 15) is 88.5 Å². The number of phosphoric acid groups is 2. The van der Waals surface area contributed by atoms with Crippen LogP contribution in [0, 0.1) is 0 Å². The van der Waals surface area contributed by atoms with Gasteiger partial charge in [0.1, 0.15) is 59.8 Å². The number of hydrogen-bond donors (Lipinski definition) is 13. The summed E-state index contributed by atoms with van der Waals surface area (Å²) in [5.74, 6) is -2.11. The summed E-state index contributed by atoms with van der Waals surface area (Å²) in [5.41, 5.74) is -1.26. The van der Waals surface area contributed by atoms with E-state index in [1.807, 2.05) is 4.98 Å². The first-order chi connectivity index (χ1) is 40.0. The van der Waals surface area contributed by atoms with Gasteiger partial charge in [-0.1, -0.05) is 12.2 Å². The van der Waals surface area contributed by atoms with E-state index < -0.39 is 113 Å². The number of carboxylic acid groups (broad SMARTS) is 1. The lowest BCUT2D eigenvalue weighted by Crippen LogP contribution is -2.58. The predicted molar refractivity (Wildman–Crippen MR) is 284 cm³/mol. The molecule has 1 aromatic heterocycles. The highest BCUT2D eigenvalue weighted by Crippen LogP contribution is 2.61. The number of fused-ring (bicyclic) bond motifs is 2. The van der Waals surface area contributed by atoms with Crippen molar-refractivity contribution in [1.82, 2.24) is 20.2 Å². The fourth-order valence-corrected chi connectivity index (χ4v) is 10.6. The van der Waals surface area contributed by atoms with Gasteiger partial charge in [-0.25, -0.2) is 18.7 Å². The van der Waals surface area contributed by atoms with Gasteiger partial charge in [0, 0.05) is 59.9 Å². The Balaban J connectivity index is 0.737. The van der Waals surface area contributed by atoms with Crippen molar-refractivity contribution in [2.24, 2.45) is 0 Å². The van der Waals surface area contributed by atoms with Gasteiger partial charge in [-0.15, -0.1) is 0 Å². The number of carbonyl (C=O) groups is 3. The third-order valence-corrected chi connectivity index (χ3v) is 15.2. The molecule has 458 valence electrons. The number of phenols is 1. The molecule has 0 saturated carbocycles. The number of aromatic hydroxyl groups is 1. The number of rotatable bonds is 30. The van der Waals surface area contributed by atoms with Crippen LogP contribution in [0.5, 0.6) is 5.75 Å². The molecular weight excluding hydrogens is 1170 g/mol. The zero-order valence-corrected chi connectivity index (χ0v) is 45.8. The standard InChI is InChI=1S/C50H60N4O28P2/c55-24-36-40(59)42(61)44(63)49(80-36)81-84(71,72)82-83(69,70)77-25-37-41(60)43(62)47(79-37)54-23-27(46(65)53-50(54)68)2-1-10-51-38(58)9-12-73-14-16-75-18-19-76-17-15-74-13-11-52-45(64)26-3-6-30(48(66)67)33(20-26)39-31-7-4-28(56)21-34(31)78-35-22-29(57)5-8-32(35)39/h1-8,20-23,36-37,40-44,47,49,55-56,59-63H,9-19,24-25H2,(H,51,58)(H,52,64)(H,66,67)(H,69,70)(H,71,72)(H,53,65,68)/b2-1+/t36?,37-,40-,41-,42-,43-,44?,47-,49+/m1/s1. The fraction of sp³-hybridized carbons (Fsp3) is 0.440. The summed E-state index contributed by atoms with van der Waals surface area (Å²) >= 11 is 0. The van der Waals surface area contributed by atoms with Gasteiger partial charge in [0.2, 0.25) is 5.91 Å². The van der Waals surface area contributed by atoms with Gasteiger partial charge in [-0.2, -0.15) is 4.31 Å². The summed E-state index contributed by atoms with van der Waals surface area (Å²) in [5, 5.41) is 86.2. The van der Waals surface area contributed by atoms with Crippen LogP contribution in [0.3, 0.4) is 0 Å². The summed E-state index contributed by atoms with van der Waals surface area (Å²) < 4.78 is 77.2. The number of H-pyrrole nitrogens is 1. The molecule has 4 unspecified atom stereocenters.